The predicted molar refractivity (Wildman–Crippen MR) is 84.9 cm³/mol. The summed E-state index contributed by atoms with van der Waals surface area (Å²) < 4.78 is 0. The zero-order valence-corrected chi connectivity index (χ0v) is 13.3. The fourth-order valence-corrected chi connectivity index (χ4v) is 3.38. The molecule has 2 aliphatic rings. The van der Waals surface area contributed by atoms with Gasteiger partial charge in [0.05, 0.1) is 10.0 Å². The predicted octanol–water partition coefficient (Wildman–Crippen LogP) is 2.98. The minimum absolute atomic E-state index is 0.146. The van der Waals surface area contributed by atoms with Crippen LogP contribution in [0.25, 0.3) is 0 Å². The lowest BCUT2D eigenvalue weighted by atomic mass is 10.1. The van der Waals surface area contributed by atoms with Crippen molar-refractivity contribution in [3.05, 3.63) is 33.8 Å². The van der Waals surface area contributed by atoms with E-state index in [0.717, 1.165) is 44.6 Å². The quantitative estimate of drug-likeness (QED) is 0.926. The van der Waals surface area contributed by atoms with Gasteiger partial charge in [0, 0.05) is 25.7 Å². The number of piperidine rings is 1. The monoisotopic (exact) mass is 327 g/mol. The van der Waals surface area contributed by atoms with Gasteiger partial charge < -0.3 is 15.1 Å². The van der Waals surface area contributed by atoms with E-state index in [-0.39, 0.29) is 6.03 Å². The maximum Gasteiger partial charge on any atom is 0.320 e. The van der Waals surface area contributed by atoms with E-state index in [1.807, 2.05) is 21.9 Å². The second-order valence-corrected chi connectivity index (χ2v) is 6.44. The summed E-state index contributed by atoms with van der Waals surface area (Å²) in [4.78, 5) is 16.5. The Bertz CT molecular complexity index is 532. The third kappa shape index (κ3) is 3.28. The fraction of sp³-hybridized carbons (Fsp3) is 0.533. The third-order valence-electron chi connectivity index (χ3n) is 4.23. The molecule has 2 amide bonds. The van der Waals surface area contributed by atoms with Crippen molar-refractivity contribution < 1.29 is 4.79 Å². The molecule has 2 aliphatic heterocycles. The highest BCUT2D eigenvalue weighted by molar-refractivity contribution is 6.42. The van der Waals surface area contributed by atoms with Gasteiger partial charge in [-0.15, -0.1) is 0 Å². The number of urea groups is 1. The molecule has 0 radical (unpaired) electrons. The van der Waals surface area contributed by atoms with Gasteiger partial charge in [-0.1, -0.05) is 29.3 Å². The molecule has 4 nitrogen and oxygen atoms in total. The number of hydrogen-bond donors (Lipinski definition) is 1. The normalized spacial score (nSPS) is 20.4. The van der Waals surface area contributed by atoms with Crippen molar-refractivity contribution in [3.63, 3.8) is 0 Å². The maximum absolute atomic E-state index is 12.5. The van der Waals surface area contributed by atoms with Crippen molar-refractivity contribution >= 4 is 29.2 Å². The molecule has 114 valence electrons. The Hall–Kier alpha value is -0.970. The van der Waals surface area contributed by atoms with Crippen LogP contribution in [0.3, 0.4) is 0 Å². The van der Waals surface area contributed by atoms with Crippen LogP contribution in [0, 0.1) is 0 Å². The van der Waals surface area contributed by atoms with E-state index in [4.69, 9.17) is 23.2 Å². The number of benzene rings is 1. The van der Waals surface area contributed by atoms with E-state index in [0.29, 0.717) is 22.6 Å². The molecule has 2 fully saturated rings. The first-order chi connectivity index (χ1) is 10.1. The summed E-state index contributed by atoms with van der Waals surface area (Å²) in [5, 5.41) is 4.42. The highest BCUT2D eigenvalue weighted by Crippen LogP contribution is 2.25. The van der Waals surface area contributed by atoms with Crippen molar-refractivity contribution in [1.82, 2.24) is 15.1 Å². The van der Waals surface area contributed by atoms with Crippen LogP contribution in [-0.2, 0) is 6.54 Å². The van der Waals surface area contributed by atoms with Crippen LogP contribution in [0.1, 0.15) is 18.4 Å². The standard InChI is InChI=1S/C15H19Cl2N3O/c16-13-2-1-11(9-14(13)17)10-19-7-8-20(15(19)21)12-3-5-18-6-4-12/h1-2,9,12,18H,3-8,10H2. The highest BCUT2D eigenvalue weighted by Gasteiger charge is 2.33. The minimum Gasteiger partial charge on any atom is -0.320 e. The molecule has 0 bridgehead atoms. The SMILES string of the molecule is O=C1N(Cc2ccc(Cl)c(Cl)c2)CCN1C1CCNCC1. The van der Waals surface area contributed by atoms with Gasteiger partial charge in [-0.25, -0.2) is 4.79 Å². The molecule has 1 N–H and O–H groups in total. The molecular formula is C15H19Cl2N3O. The van der Waals surface area contributed by atoms with Gasteiger partial charge in [-0.05, 0) is 43.6 Å². The van der Waals surface area contributed by atoms with Crippen LogP contribution in [-0.4, -0.2) is 48.1 Å². The average molecular weight is 328 g/mol. The highest BCUT2D eigenvalue weighted by atomic mass is 35.5. The molecule has 0 atom stereocenters. The molecule has 0 spiro atoms. The number of carbonyl (C=O) groups is 1. The lowest BCUT2D eigenvalue weighted by Gasteiger charge is -2.31. The van der Waals surface area contributed by atoms with Crippen molar-refractivity contribution in [3.8, 4) is 0 Å². The Balaban J connectivity index is 1.64. The Morgan fingerprint density at radius 1 is 1.14 bits per heavy atom. The lowest BCUT2D eigenvalue weighted by Crippen LogP contribution is -2.45. The average Bonchev–Trinajstić information content (AvgIpc) is 2.85. The number of halogens is 2. The number of nitrogens with zero attached hydrogens (tertiary/aromatic N) is 2. The summed E-state index contributed by atoms with van der Waals surface area (Å²) >= 11 is 12.0. The molecule has 1 aromatic carbocycles. The Kier molecular flexibility index (Phi) is 4.57. The topological polar surface area (TPSA) is 35.6 Å². The molecular weight excluding hydrogens is 309 g/mol. The Morgan fingerprint density at radius 3 is 2.62 bits per heavy atom. The van der Waals surface area contributed by atoms with E-state index in [2.05, 4.69) is 5.32 Å². The van der Waals surface area contributed by atoms with Gasteiger partial charge >= 0.3 is 6.03 Å². The van der Waals surface area contributed by atoms with Crippen LogP contribution in [0.4, 0.5) is 4.79 Å². The first kappa shape index (κ1) is 14.9. The zero-order valence-electron chi connectivity index (χ0n) is 11.8. The minimum atomic E-state index is 0.146. The van der Waals surface area contributed by atoms with E-state index >= 15 is 0 Å². The fourth-order valence-electron chi connectivity index (χ4n) is 3.06. The summed E-state index contributed by atoms with van der Waals surface area (Å²) in [6, 6.07) is 6.08. The molecule has 1 aromatic rings. The summed E-state index contributed by atoms with van der Waals surface area (Å²) in [7, 11) is 0. The number of amides is 2. The van der Waals surface area contributed by atoms with Crippen LogP contribution < -0.4 is 5.32 Å². The van der Waals surface area contributed by atoms with Gasteiger partial charge in [0.15, 0.2) is 0 Å². The van der Waals surface area contributed by atoms with Gasteiger partial charge in [-0.2, -0.15) is 0 Å². The van der Waals surface area contributed by atoms with Crippen LogP contribution >= 0.6 is 23.2 Å². The molecule has 0 aliphatic carbocycles. The zero-order chi connectivity index (χ0) is 14.8. The first-order valence-electron chi connectivity index (χ1n) is 7.35. The second kappa shape index (κ2) is 6.42. The van der Waals surface area contributed by atoms with Crippen molar-refractivity contribution in [1.29, 1.82) is 0 Å². The maximum atomic E-state index is 12.5. The Morgan fingerprint density at radius 2 is 1.90 bits per heavy atom. The second-order valence-electron chi connectivity index (χ2n) is 5.63. The summed E-state index contributed by atoms with van der Waals surface area (Å²) in [6.07, 6.45) is 2.10. The van der Waals surface area contributed by atoms with Crippen LogP contribution in [0.2, 0.25) is 10.0 Å². The number of nitrogens with one attached hydrogen (secondary N) is 1. The van der Waals surface area contributed by atoms with E-state index in [9.17, 15) is 4.79 Å². The summed E-state index contributed by atoms with van der Waals surface area (Å²) in [5.41, 5.74) is 1.02. The van der Waals surface area contributed by atoms with Gasteiger partial charge in [0.2, 0.25) is 0 Å². The van der Waals surface area contributed by atoms with Crippen LogP contribution in [0.15, 0.2) is 18.2 Å². The molecule has 0 saturated carbocycles. The summed E-state index contributed by atoms with van der Waals surface area (Å²) in [5.74, 6) is 0. The number of hydrogen-bond acceptors (Lipinski definition) is 2. The van der Waals surface area contributed by atoms with Crippen molar-refractivity contribution in [2.75, 3.05) is 26.2 Å². The van der Waals surface area contributed by atoms with Crippen molar-refractivity contribution in [2.24, 2.45) is 0 Å². The number of carbonyl (C=O) groups excluding carboxylic acids is 1. The Labute approximate surface area is 135 Å². The largest absolute Gasteiger partial charge is 0.320 e. The summed E-state index contributed by atoms with van der Waals surface area (Å²) in [6.45, 7) is 4.20. The van der Waals surface area contributed by atoms with Gasteiger partial charge in [0.1, 0.15) is 0 Å². The molecule has 3 rings (SSSR count). The van der Waals surface area contributed by atoms with Gasteiger partial charge in [-0.3, -0.25) is 0 Å². The first-order valence-corrected chi connectivity index (χ1v) is 8.11. The molecule has 2 saturated heterocycles. The number of rotatable bonds is 3. The molecule has 0 unspecified atom stereocenters. The van der Waals surface area contributed by atoms with E-state index < -0.39 is 0 Å². The lowest BCUT2D eigenvalue weighted by molar-refractivity contribution is 0.165. The van der Waals surface area contributed by atoms with E-state index in [1.165, 1.54) is 0 Å². The molecule has 21 heavy (non-hydrogen) atoms. The van der Waals surface area contributed by atoms with Crippen molar-refractivity contribution in [2.45, 2.75) is 25.4 Å². The molecule has 0 aromatic heterocycles. The third-order valence-corrected chi connectivity index (χ3v) is 4.97. The molecule has 6 heteroatoms. The van der Waals surface area contributed by atoms with Gasteiger partial charge in [0.25, 0.3) is 0 Å². The smallest absolute Gasteiger partial charge is 0.320 e. The molecule has 2 heterocycles. The van der Waals surface area contributed by atoms with E-state index in [1.54, 1.807) is 6.07 Å². The van der Waals surface area contributed by atoms with Crippen LogP contribution in [0.5, 0.6) is 0 Å².